The maximum Gasteiger partial charge on any atom is 0.269 e. The molecule has 1 N–H and O–H groups in total. The lowest BCUT2D eigenvalue weighted by Crippen LogP contribution is -2.54. The first kappa shape index (κ1) is 30.0. The molecule has 216 valence electrons. The lowest BCUT2D eigenvalue weighted by Gasteiger charge is -2.34. The van der Waals surface area contributed by atoms with Crippen LogP contribution in [0.2, 0.25) is 0 Å². The fourth-order valence-corrected chi connectivity index (χ4v) is 6.59. The van der Waals surface area contributed by atoms with E-state index in [0.29, 0.717) is 6.42 Å². The van der Waals surface area contributed by atoms with Gasteiger partial charge in [0, 0.05) is 31.5 Å². The highest BCUT2D eigenvalue weighted by Crippen LogP contribution is 2.30. The van der Waals surface area contributed by atoms with Crippen molar-refractivity contribution in [1.29, 1.82) is 0 Å². The molecule has 1 atom stereocenters. The summed E-state index contributed by atoms with van der Waals surface area (Å²) < 4.78 is 26.8. The van der Waals surface area contributed by atoms with Gasteiger partial charge in [0.15, 0.2) is 0 Å². The number of nitrogens with one attached hydrogen (secondary N) is 1. The van der Waals surface area contributed by atoms with Crippen LogP contribution in [-0.2, 0) is 32.6 Å². The number of amides is 3. The van der Waals surface area contributed by atoms with Gasteiger partial charge in [-0.1, -0.05) is 72.3 Å². The lowest BCUT2D eigenvalue weighted by atomic mass is 10.00. The molecule has 0 unspecified atom stereocenters. The van der Waals surface area contributed by atoms with Crippen LogP contribution in [0.15, 0.2) is 83.8 Å². The molecule has 1 aliphatic heterocycles. The van der Waals surface area contributed by atoms with Gasteiger partial charge in [-0.3, -0.25) is 14.4 Å². The highest BCUT2D eigenvalue weighted by atomic mass is 32.2. The van der Waals surface area contributed by atoms with Gasteiger partial charge in [0.05, 0.1) is 5.56 Å². The second kappa shape index (κ2) is 12.3. The standard InChI is InChI=1S/C32H37N3O5S/c1-23-12-10-15-25(20-23)22-34(27(30(37)33-32(2,3)4)21-24-13-6-5-7-14-24)29(36)18-11-19-35-31(38)26-16-8-9-17-28(26)41(35,39)40/h5-10,12-17,20,27H,11,18-19,21-22H2,1-4H3,(H,33,37)/t27-/m1/s1. The Morgan fingerprint density at radius 3 is 2.24 bits per heavy atom. The van der Waals surface area contributed by atoms with Crippen molar-refractivity contribution in [2.24, 2.45) is 0 Å². The Hall–Kier alpha value is -3.98. The Balaban J connectivity index is 1.58. The minimum Gasteiger partial charge on any atom is -0.350 e. The fourth-order valence-electron chi connectivity index (χ4n) is 4.98. The van der Waals surface area contributed by atoms with Gasteiger partial charge in [-0.05, 0) is 57.4 Å². The Labute approximate surface area is 242 Å². The van der Waals surface area contributed by atoms with Crippen molar-refractivity contribution in [3.05, 3.63) is 101 Å². The summed E-state index contributed by atoms with van der Waals surface area (Å²) in [5.74, 6) is -1.15. The number of nitrogens with zero attached hydrogens (tertiary/aromatic N) is 2. The minimum absolute atomic E-state index is 0.0147. The average molecular weight is 576 g/mol. The number of hydrogen-bond acceptors (Lipinski definition) is 5. The zero-order valence-electron chi connectivity index (χ0n) is 24.0. The average Bonchev–Trinajstić information content (AvgIpc) is 3.10. The van der Waals surface area contributed by atoms with Crippen LogP contribution in [0.4, 0.5) is 0 Å². The van der Waals surface area contributed by atoms with Crippen molar-refractivity contribution in [2.75, 3.05) is 6.54 Å². The number of aryl methyl sites for hydroxylation is 1. The third-order valence-corrected chi connectivity index (χ3v) is 8.71. The van der Waals surface area contributed by atoms with E-state index in [0.717, 1.165) is 21.0 Å². The molecule has 8 nitrogen and oxygen atoms in total. The first-order chi connectivity index (χ1) is 19.4. The first-order valence-electron chi connectivity index (χ1n) is 13.7. The van der Waals surface area contributed by atoms with Gasteiger partial charge in [-0.25, -0.2) is 12.7 Å². The van der Waals surface area contributed by atoms with Crippen LogP contribution in [0.5, 0.6) is 0 Å². The molecular weight excluding hydrogens is 538 g/mol. The van der Waals surface area contributed by atoms with Gasteiger partial charge in [0.25, 0.3) is 15.9 Å². The summed E-state index contributed by atoms with van der Waals surface area (Å²) in [6.45, 7) is 7.72. The number of benzene rings is 3. The van der Waals surface area contributed by atoms with Gasteiger partial charge in [0.1, 0.15) is 10.9 Å². The largest absolute Gasteiger partial charge is 0.350 e. The number of carbonyl (C=O) groups excluding carboxylic acids is 3. The summed E-state index contributed by atoms with van der Waals surface area (Å²) >= 11 is 0. The number of hydrogen-bond donors (Lipinski definition) is 1. The molecule has 0 bridgehead atoms. The van der Waals surface area contributed by atoms with Gasteiger partial charge in [0.2, 0.25) is 11.8 Å². The fraction of sp³-hybridized carbons (Fsp3) is 0.344. The molecule has 1 heterocycles. The molecule has 0 saturated carbocycles. The zero-order chi connectivity index (χ0) is 29.8. The molecule has 41 heavy (non-hydrogen) atoms. The number of rotatable bonds is 10. The van der Waals surface area contributed by atoms with Crippen molar-refractivity contribution < 1.29 is 22.8 Å². The molecular formula is C32H37N3O5S. The normalized spacial score (nSPS) is 14.8. The van der Waals surface area contributed by atoms with Crippen LogP contribution in [0, 0.1) is 6.92 Å². The Morgan fingerprint density at radius 2 is 1.59 bits per heavy atom. The minimum atomic E-state index is -3.96. The smallest absolute Gasteiger partial charge is 0.269 e. The summed E-state index contributed by atoms with van der Waals surface area (Å²) in [5.41, 5.74) is 2.46. The second-order valence-electron chi connectivity index (χ2n) is 11.4. The molecule has 1 aliphatic rings. The summed E-state index contributed by atoms with van der Waals surface area (Å²) in [4.78, 5) is 41.9. The van der Waals surface area contributed by atoms with Crippen LogP contribution < -0.4 is 5.32 Å². The third-order valence-electron chi connectivity index (χ3n) is 6.87. The highest BCUT2D eigenvalue weighted by Gasteiger charge is 2.40. The second-order valence-corrected chi connectivity index (χ2v) is 13.3. The van der Waals surface area contributed by atoms with E-state index in [9.17, 15) is 22.8 Å². The topological polar surface area (TPSA) is 104 Å². The molecule has 0 spiro atoms. The predicted octanol–water partition coefficient (Wildman–Crippen LogP) is 4.47. The molecule has 0 aliphatic carbocycles. The van der Waals surface area contributed by atoms with Crippen LogP contribution in [0.3, 0.4) is 0 Å². The summed E-state index contributed by atoms with van der Waals surface area (Å²) in [7, 11) is -3.96. The molecule has 3 aromatic carbocycles. The Kier molecular flexibility index (Phi) is 8.97. The van der Waals surface area contributed by atoms with E-state index in [1.54, 1.807) is 17.0 Å². The molecule has 4 rings (SSSR count). The Bertz CT molecular complexity index is 1530. The van der Waals surface area contributed by atoms with Gasteiger partial charge >= 0.3 is 0 Å². The number of carbonyl (C=O) groups is 3. The van der Waals surface area contributed by atoms with E-state index in [1.165, 1.54) is 12.1 Å². The first-order valence-corrected chi connectivity index (χ1v) is 15.2. The van der Waals surface area contributed by atoms with E-state index in [1.807, 2.05) is 82.3 Å². The maximum atomic E-state index is 13.9. The van der Waals surface area contributed by atoms with Crippen molar-refractivity contribution in [1.82, 2.24) is 14.5 Å². The monoisotopic (exact) mass is 575 g/mol. The van der Waals surface area contributed by atoms with Crippen molar-refractivity contribution in [3.63, 3.8) is 0 Å². The van der Waals surface area contributed by atoms with E-state index in [2.05, 4.69) is 5.32 Å². The van der Waals surface area contributed by atoms with Crippen LogP contribution in [-0.4, -0.2) is 53.5 Å². The Morgan fingerprint density at radius 1 is 0.927 bits per heavy atom. The predicted molar refractivity (Wildman–Crippen MR) is 157 cm³/mol. The van der Waals surface area contributed by atoms with E-state index < -0.39 is 27.5 Å². The molecule has 0 radical (unpaired) electrons. The number of sulfonamides is 1. The SMILES string of the molecule is Cc1cccc(CN(C(=O)CCCN2C(=O)c3ccccc3S2(=O)=O)[C@H](Cc2ccccc2)C(=O)NC(C)(C)C)c1. The molecule has 0 saturated heterocycles. The third kappa shape index (κ3) is 7.21. The lowest BCUT2D eigenvalue weighted by molar-refractivity contribution is -0.142. The van der Waals surface area contributed by atoms with E-state index in [4.69, 9.17) is 0 Å². The van der Waals surface area contributed by atoms with Crippen LogP contribution in [0.25, 0.3) is 0 Å². The molecule has 3 aromatic rings. The maximum absolute atomic E-state index is 13.9. The molecule has 9 heteroatoms. The van der Waals surface area contributed by atoms with E-state index in [-0.39, 0.29) is 48.2 Å². The van der Waals surface area contributed by atoms with Crippen molar-refractivity contribution >= 4 is 27.7 Å². The van der Waals surface area contributed by atoms with Crippen molar-refractivity contribution in [2.45, 2.75) is 70.0 Å². The highest BCUT2D eigenvalue weighted by molar-refractivity contribution is 7.90. The van der Waals surface area contributed by atoms with Crippen molar-refractivity contribution in [3.8, 4) is 0 Å². The molecule has 3 amide bonds. The van der Waals surface area contributed by atoms with E-state index >= 15 is 0 Å². The summed E-state index contributed by atoms with van der Waals surface area (Å²) in [5, 5.41) is 3.03. The quantitative estimate of drug-likeness (QED) is 0.384. The van der Waals surface area contributed by atoms with Crippen LogP contribution >= 0.6 is 0 Å². The number of fused-ring (bicyclic) bond motifs is 1. The van der Waals surface area contributed by atoms with Gasteiger partial charge in [-0.15, -0.1) is 0 Å². The van der Waals surface area contributed by atoms with Gasteiger partial charge < -0.3 is 10.2 Å². The molecule has 0 aromatic heterocycles. The van der Waals surface area contributed by atoms with Gasteiger partial charge in [-0.2, -0.15) is 0 Å². The summed E-state index contributed by atoms with van der Waals surface area (Å²) in [6, 6.07) is 22.6. The zero-order valence-corrected chi connectivity index (χ0v) is 24.8. The molecule has 0 fully saturated rings. The van der Waals surface area contributed by atoms with Crippen LogP contribution in [0.1, 0.15) is 60.7 Å². The summed E-state index contributed by atoms with van der Waals surface area (Å²) in [6.07, 6.45) is 0.408.